The maximum Gasteiger partial charge on any atom is 0.262 e. The predicted molar refractivity (Wildman–Crippen MR) is 129 cm³/mol. The second-order valence-corrected chi connectivity index (χ2v) is 9.18. The lowest BCUT2D eigenvalue weighted by Gasteiger charge is -2.19. The van der Waals surface area contributed by atoms with Crippen LogP contribution in [0.3, 0.4) is 0 Å². The van der Waals surface area contributed by atoms with E-state index in [4.69, 9.17) is 9.73 Å². The van der Waals surface area contributed by atoms with E-state index in [-0.39, 0.29) is 18.4 Å². The lowest BCUT2D eigenvalue weighted by molar-refractivity contribution is -0.127. The van der Waals surface area contributed by atoms with E-state index in [0.717, 1.165) is 59.8 Å². The molecule has 0 spiro atoms. The number of benzene rings is 2. The number of nitrogens with one attached hydrogen (secondary N) is 1. The normalized spacial score (nSPS) is 16.0. The number of nitrogens with zero attached hydrogens (tertiary/aromatic N) is 3. The predicted octanol–water partition coefficient (Wildman–Crippen LogP) is 4.10. The van der Waals surface area contributed by atoms with Crippen molar-refractivity contribution in [2.45, 2.75) is 32.7 Å². The van der Waals surface area contributed by atoms with Gasteiger partial charge in [-0.05, 0) is 49.6 Å². The number of ether oxygens (including phenoxy) is 1. The van der Waals surface area contributed by atoms with Crippen molar-refractivity contribution in [2.75, 3.05) is 25.0 Å². The van der Waals surface area contributed by atoms with Gasteiger partial charge in [-0.1, -0.05) is 18.2 Å². The quantitative estimate of drug-likeness (QED) is 0.599. The maximum atomic E-state index is 12.0. The van der Waals surface area contributed by atoms with Gasteiger partial charge in [0, 0.05) is 37.0 Å². The third-order valence-corrected chi connectivity index (χ3v) is 6.88. The van der Waals surface area contributed by atoms with Gasteiger partial charge < -0.3 is 19.5 Å². The molecule has 2 aliphatic rings. The van der Waals surface area contributed by atoms with Crippen molar-refractivity contribution < 1.29 is 14.3 Å². The second kappa shape index (κ2) is 9.23. The highest BCUT2D eigenvalue weighted by atomic mass is 32.1. The minimum Gasteiger partial charge on any atom is -0.482 e. The number of hydrogen-bond donors (Lipinski definition) is 1. The molecule has 1 saturated heterocycles. The fraction of sp³-hybridized carbons (Fsp3) is 0.320. The lowest BCUT2D eigenvalue weighted by atomic mass is 10.1. The number of rotatable bonds is 6. The number of para-hydroxylation sites is 1. The van der Waals surface area contributed by atoms with Crippen molar-refractivity contribution in [2.24, 2.45) is 4.99 Å². The Balaban J connectivity index is 1.50. The third kappa shape index (κ3) is 4.57. The number of anilines is 1. The topological polar surface area (TPSA) is 75.9 Å². The molecule has 8 heteroatoms. The Labute approximate surface area is 196 Å². The number of amides is 2. The van der Waals surface area contributed by atoms with Crippen molar-refractivity contribution in [3.05, 3.63) is 58.2 Å². The van der Waals surface area contributed by atoms with Crippen molar-refractivity contribution >= 4 is 34.5 Å². The highest BCUT2D eigenvalue weighted by Gasteiger charge is 2.20. The molecule has 33 heavy (non-hydrogen) atoms. The number of aromatic nitrogens is 1. The number of likely N-dealkylation sites (tertiary alicyclic amines) is 1. The average molecular weight is 463 g/mol. The Morgan fingerprint density at radius 3 is 2.85 bits per heavy atom. The van der Waals surface area contributed by atoms with Gasteiger partial charge in [-0.2, -0.15) is 0 Å². The molecule has 1 aromatic heterocycles. The SMILES string of the molecule is Cc1ccccc1N=c1scc(-c2ccc3c(c2)NC(=O)CO3)n1CCCN1CCCC1=O. The van der Waals surface area contributed by atoms with Crippen LogP contribution in [0.4, 0.5) is 11.4 Å². The number of carbonyl (C=O) groups is 2. The van der Waals surface area contributed by atoms with Crippen LogP contribution in [-0.4, -0.2) is 41.0 Å². The van der Waals surface area contributed by atoms with Gasteiger partial charge >= 0.3 is 0 Å². The molecule has 170 valence electrons. The summed E-state index contributed by atoms with van der Waals surface area (Å²) in [5.74, 6) is 0.779. The molecule has 5 rings (SSSR count). The lowest BCUT2D eigenvalue weighted by Crippen LogP contribution is -2.27. The van der Waals surface area contributed by atoms with Gasteiger partial charge in [-0.3, -0.25) is 9.59 Å². The molecule has 3 heterocycles. The van der Waals surface area contributed by atoms with E-state index >= 15 is 0 Å². The minimum atomic E-state index is -0.150. The third-order valence-electron chi connectivity index (χ3n) is 6.02. The summed E-state index contributed by atoms with van der Waals surface area (Å²) in [5.41, 5.74) is 4.76. The van der Waals surface area contributed by atoms with Crippen LogP contribution in [0.2, 0.25) is 0 Å². The summed E-state index contributed by atoms with van der Waals surface area (Å²) < 4.78 is 7.73. The summed E-state index contributed by atoms with van der Waals surface area (Å²) in [6, 6.07) is 13.9. The van der Waals surface area contributed by atoms with Crippen molar-refractivity contribution in [3.63, 3.8) is 0 Å². The molecular formula is C25H26N4O3S. The Bertz CT molecular complexity index is 1280. The molecule has 1 N–H and O–H groups in total. The van der Waals surface area contributed by atoms with E-state index in [9.17, 15) is 9.59 Å². The van der Waals surface area contributed by atoms with Gasteiger partial charge in [0.1, 0.15) is 5.75 Å². The summed E-state index contributed by atoms with van der Waals surface area (Å²) in [6.07, 6.45) is 2.46. The summed E-state index contributed by atoms with van der Waals surface area (Å²) in [7, 11) is 0. The van der Waals surface area contributed by atoms with Crippen LogP contribution >= 0.6 is 11.3 Å². The van der Waals surface area contributed by atoms with E-state index in [2.05, 4.69) is 28.3 Å². The first-order chi connectivity index (χ1) is 16.1. The van der Waals surface area contributed by atoms with E-state index in [1.165, 1.54) is 0 Å². The first-order valence-electron chi connectivity index (χ1n) is 11.2. The molecule has 2 aliphatic heterocycles. The molecule has 1 fully saturated rings. The molecule has 0 bridgehead atoms. The summed E-state index contributed by atoms with van der Waals surface area (Å²) >= 11 is 1.59. The molecule has 0 saturated carbocycles. The largest absolute Gasteiger partial charge is 0.482 e. The monoisotopic (exact) mass is 462 g/mol. The maximum absolute atomic E-state index is 12.0. The van der Waals surface area contributed by atoms with Crippen LogP contribution in [0.25, 0.3) is 11.3 Å². The van der Waals surface area contributed by atoms with Crippen LogP contribution in [0.5, 0.6) is 5.75 Å². The standard InChI is InChI=1S/C25H26N4O3S/c1-17-6-2-3-7-19(17)27-25-29(13-5-12-28-11-4-8-24(28)31)21(16-33-25)18-9-10-22-20(14-18)26-23(30)15-32-22/h2-3,6-7,9-10,14,16H,4-5,8,11-13,15H2,1H3,(H,26,30). The first kappa shape index (κ1) is 21.5. The van der Waals surface area contributed by atoms with Gasteiger partial charge in [0.25, 0.3) is 5.91 Å². The van der Waals surface area contributed by atoms with Gasteiger partial charge in [0.15, 0.2) is 11.4 Å². The van der Waals surface area contributed by atoms with Crippen LogP contribution in [0.15, 0.2) is 52.8 Å². The van der Waals surface area contributed by atoms with Crippen LogP contribution in [0.1, 0.15) is 24.8 Å². The fourth-order valence-corrected chi connectivity index (χ4v) is 5.21. The zero-order valence-corrected chi connectivity index (χ0v) is 19.4. The number of carbonyl (C=O) groups excluding carboxylic acids is 2. The minimum absolute atomic E-state index is 0.0411. The van der Waals surface area contributed by atoms with Crippen molar-refractivity contribution in [1.82, 2.24) is 9.47 Å². The molecule has 7 nitrogen and oxygen atoms in total. The van der Waals surface area contributed by atoms with E-state index < -0.39 is 0 Å². The van der Waals surface area contributed by atoms with E-state index in [1.54, 1.807) is 11.3 Å². The second-order valence-electron chi connectivity index (χ2n) is 8.34. The van der Waals surface area contributed by atoms with Gasteiger partial charge in [0.2, 0.25) is 5.91 Å². The summed E-state index contributed by atoms with van der Waals surface area (Å²) in [6.45, 7) is 4.44. The molecule has 3 aromatic rings. The van der Waals surface area contributed by atoms with Gasteiger partial charge in [-0.15, -0.1) is 11.3 Å². The highest BCUT2D eigenvalue weighted by molar-refractivity contribution is 7.07. The van der Waals surface area contributed by atoms with Gasteiger partial charge in [0.05, 0.1) is 17.1 Å². The average Bonchev–Trinajstić information content (AvgIpc) is 3.41. The number of aryl methyl sites for hydroxylation is 1. The summed E-state index contributed by atoms with van der Waals surface area (Å²) in [5, 5.41) is 4.99. The Morgan fingerprint density at radius 2 is 2.03 bits per heavy atom. The molecular weight excluding hydrogens is 436 g/mol. The van der Waals surface area contributed by atoms with Gasteiger partial charge in [-0.25, -0.2) is 4.99 Å². The number of thiazole rings is 1. The molecule has 0 radical (unpaired) electrons. The Morgan fingerprint density at radius 1 is 1.15 bits per heavy atom. The van der Waals surface area contributed by atoms with Crippen molar-refractivity contribution in [1.29, 1.82) is 0 Å². The number of fused-ring (bicyclic) bond motifs is 1. The fourth-order valence-electron chi connectivity index (χ4n) is 4.26. The number of hydrogen-bond acceptors (Lipinski definition) is 5. The van der Waals surface area contributed by atoms with Crippen molar-refractivity contribution in [3.8, 4) is 17.0 Å². The summed E-state index contributed by atoms with van der Waals surface area (Å²) in [4.78, 5) is 31.6. The Hall–Kier alpha value is -3.39. The zero-order valence-electron chi connectivity index (χ0n) is 18.5. The zero-order chi connectivity index (χ0) is 22.8. The smallest absolute Gasteiger partial charge is 0.262 e. The first-order valence-corrected chi connectivity index (χ1v) is 12.1. The highest BCUT2D eigenvalue weighted by Crippen LogP contribution is 2.33. The van der Waals surface area contributed by atoms with Crippen LogP contribution in [-0.2, 0) is 16.1 Å². The van der Waals surface area contributed by atoms with Crippen LogP contribution < -0.4 is 14.9 Å². The molecule has 2 aromatic carbocycles. The van der Waals surface area contributed by atoms with Crippen LogP contribution in [0, 0.1) is 6.92 Å². The molecule has 2 amide bonds. The molecule has 0 atom stereocenters. The van der Waals surface area contributed by atoms with E-state index in [1.807, 2.05) is 41.3 Å². The Kier molecular flexibility index (Phi) is 6.00. The molecule has 0 aliphatic carbocycles. The van der Waals surface area contributed by atoms with E-state index in [0.29, 0.717) is 17.9 Å². The molecule has 0 unspecified atom stereocenters.